The van der Waals surface area contributed by atoms with Crippen LogP contribution in [-0.2, 0) is 10.0 Å². The van der Waals surface area contributed by atoms with Gasteiger partial charge in [0.15, 0.2) is 0 Å². The summed E-state index contributed by atoms with van der Waals surface area (Å²) in [4.78, 5) is 3.45. The summed E-state index contributed by atoms with van der Waals surface area (Å²) in [6.45, 7) is 0.711. The second-order valence-corrected chi connectivity index (χ2v) is 5.88. The predicted molar refractivity (Wildman–Crippen MR) is 60.2 cm³/mol. The minimum absolute atomic E-state index is 0.113. The highest BCUT2D eigenvalue weighted by atomic mass is 32.2. The Kier molecular flexibility index (Phi) is 3.41. The van der Waals surface area contributed by atoms with Crippen molar-refractivity contribution in [1.82, 2.24) is 9.29 Å². The smallest absolute Gasteiger partial charge is 0.245 e. The molecule has 94 valence electrons. The highest BCUT2D eigenvalue weighted by molar-refractivity contribution is 7.89. The van der Waals surface area contributed by atoms with Crippen LogP contribution in [0.25, 0.3) is 0 Å². The lowest BCUT2D eigenvalue weighted by Gasteiger charge is -2.22. The van der Waals surface area contributed by atoms with E-state index >= 15 is 0 Å². The van der Waals surface area contributed by atoms with Crippen LogP contribution in [0.1, 0.15) is 12.8 Å². The van der Waals surface area contributed by atoms with Crippen LogP contribution in [0.5, 0.6) is 0 Å². The molecule has 2 heterocycles. The zero-order valence-corrected chi connectivity index (χ0v) is 10.0. The second kappa shape index (κ2) is 4.67. The number of halogens is 1. The van der Waals surface area contributed by atoms with Crippen molar-refractivity contribution in [3.05, 3.63) is 24.3 Å². The molecule has 0 aromatic carbocycles. The maximum Gasteiger partial charge on any atom is 0.245 e. The minimum atomic E-state index is -3.67. The fraction of sp³-hybridized carbons (Fsp3) is 0.500. The number of nitrogens with two attached hydrogens (primary N) is 1. The Morgan fingerprint density at radius 3 is 2.94 bits per heavy atom. The summed E-state index contributed by atoms with van der Waals surface area (Å²) in [7, 11) is -3.67. The van der Waals surface area contributed by atoms with Gasteiger partial charge in [0.25, 0.3) is 0 Å². The standard InChI is InChI=1S/C10H14FN3O2S/c11-8-4-10(7-13-6-8)17(15,16)14-3-1-2-9(14)5-12/h4,6-7,9H,1-3,5,12H2. The van der Waals surface area contributed by atoms with Gasteiger partial charge in [-0.1, -0.05) is 0 Å². The number of pyridine rings is 1. The van der Waals surface area contributed by atoms with E-state index in [2.05, 4.69) is 4.98 Å². The lowest BCUT2D eigenvalue weighted by Crippen LogP contribution is -2.39. The van der Waals surface area contributed by atoms with Crippen molar-refractivity contribution in [2.75, 3.05) is 13.1 Å². The Morgan fingerprint density at radius 1 is 1.53 bits per heavy atom. The van der Waals surface area contributed by atoms with Gasteiger partial charge in [0.05, 0.1) is 6.20 Å². The van der Waals surface area contributed by atoms with Crippen LogP contribution in [0.4, 0.5) is 4.39 Å². The largest absolute Gasteiger partial charge is 0.329 e. The molecule has 17 heavy (non-hydrogen) atoms. The number of aromatic nitrogens is 1. The van der Waals surface area contributed by atoms with Crippen molar-refractivity contribution in [2.45, 2.75) is 23.8 Å². The van der Waals surface area contributed by atoms with Crippen LogP contribution in [0.15, 0.2) is 23.4 Å². The number of nitrogens with zero attached hydrogens (tertiary/aromatic N) is 2. The normalized spacial score (nSPS) is 21.9. The summed E-state index contributed by atoms with van der Waals surface area (Å²) < 4.78 is 38.8. The van der Waals surface area contributed by atoms with Crippen molar-refractivity contribution in [1.29, 1.82) is 0 Å². The van der Waals surface area contributed by atoms with Crippen LogP contribution in [0.3, 0.4) is 0 Å². The molecular weight excluding hydrogens is 245 g/mol. The van der Waals surface area contributed by atoms with Gasteiger partial charge in [-0.2, -0.15) is 4.31 Å². The third kappa shape index (κ3) is 2.31. The van der Waals surface area contributed by atoms with Gasteiger partial charge < -0.3 is 5.73 Å². The van der Waals surface area contributed by atoms with E-state index in [9.17, 15) is 12.8 Å². The van der Waals surface area contributed by atoms with Crippen molar-refractivity contribution in [3.63, 3.8) is 0 Å². The monoisotopic (exact) mass is 259 g/mol. The van der Waals surface area contributed by atoms with Gasteiger partial charge in [0, 0.05) is 25.3 Å². The van der Waals surface area contributed by atoms with Gasteiger partial charge >= 0.3 is 0 Å². The molecule has 1 saturated heterocycles. The molecule has 2 rings (SSSR count). The molecule has 1 atom stereocenters. The van der Waals surface area contributed by atoms with Crippen LogP contribution in [-0.4, -0.2) is 36.8 Å². The molecule has 1 aliphatic rings. The summed E-state index contributed by atoms with van der Waals surface area (Å²) in [6, 6.07) is 0.789. The van der Waals surface area contributed by atoms with Crippen molar-refractivity contribution in [2.24, 2.45) is 5.73 Å². The molecule has 1 aliphatic heterocycles. The van der Waals surface area contributed by atoms with E-state index in [1.807, 2.05) is 0 Å². The summed E-state index contributed by atoms with van der Waals surface area (Å²) in [5.74, 6) is -0.658. The van der Waals surface area contributed by atoms with Crippen LogP contribution in [0.2, 0.25) is 0 Å². The molecular formula is C10H14FN3O2S. The lowest BCUT2D eigenvalue weighted by molar-refractivity contribution is 0.392. The van der Waals surface area contributed by atoms with Gasteiger partial charge in [-0.05, 0) is 18.9 Å². The molecule has 2 N–H and O–H groups in total. The average molecular weight is 259 g/mol. The van der Waals surface area contributed by atoms with Gasteiger partial charge in [0.2, 0.25) is 10.0 Å². The molecule has 0 amide bonds. The average Bonchev–Trinajstić information content (AvgIpc) is 2.77. The van der Waals surface area contributed by atoms with Gasteiger partial charge in [-0.25, -0.2) is 12.8 Å². The van der Waals surface area contributed by atoms with Gasteiger partial charge in [-0.15, -0.1) is 0 Å². The van der Waals surface area contributed by atoms with E-state index in [-0.39, 0.29) is 17.5 Å². The van der Waals surface area contributed by atoms with E-state index in [1.165, 1.54) is 4.31 Å². The number of hydrogen-bond acceptors (Lipinski definition) is 4. The first kappa shape index (κ1) is 12.4. The molecule has 1 aromatic heterocycles. The van der Waals surface area contributed by atoms with E-state index in [1.54, 1.807) is 0 Å². The van der Waals surface area contributed by atoms with Crippen LogP contribution >= 0.6 is 0 Å². The molecule has 5 nitrogen and oxygen atoms in total. The Bertz CT molecular complexity index is 506. The SMILES string of the molecule is NCC1CCCN1S(=O)(=O)c1cncc(F)c1. The number of rotatable bonds is 3. The number of hydrogen-bond donors (Lipinski definition) is 1. The summed E-state index contributed by atoms with van der Waals surface area (Å²) in [6.07, 6.45) is 3.66. The molecule has 1 unspecified atom stereocenters. The van der Waals surface area contributed by atoms with Gasteiger partial charge in [-0.3, -0.25) is 4.98 Å². The summed E-state index contributed by atoms with van der Waals surface area (Å²) >= 11 is 0. The third-order valence-corrected chi connectivity index (χ3v) is 4.80. The minimum Gasteiger partial charge on any atom is -0.329 e. The van der Waals surface area contributed by atoms with Crippen molar-refractivity contribution < 1.29 is 12.8 Å². The van der Waals surface area contributed by atoms with Crippen molar-refractivity contribution in [3.8, 4) is 0 Å². The lowest BCUT2D eigenvalue weighted by atomic mass is 10.2. The Labute approximate surface area is 99.5 Å². The fourth-order valence-corrected chi connectivity index (χ4v) is 3.71. The molecule has 0 spiro atoms. The van der Waals surface area contributed by atoms with Crippen LogP contribution < -0.4 is 5.73 Å². The topological polar surface area (TPSA) is 76.3 Å². The first-order chi connectivity index (χ1) is 8.05. The Hall–Kier alpha value is -1.05. The maximum absolute atomic E-state index is 13.0. The van der Waals surface area contributed by atoms with E-state index < -0.39 is 15.8 Å². The third-order valence-electron chi connectivity index (χ3n) is 2.88. The summed E-state index contributed by atoms with van der Waals surface area (Å²) in [5, 5.41) is 0. The van der Waals surface area contributed by atoms with Crippen LogP contribution in [0, 0.1) is 5.82 Å². The zero-order chi connectivity index (χ0) is 12.5. The molecule has 0 saturated carbocycles. The van der Waals surface area contributed by atoms with E-state index in [0.29, 0.717) is 6.54 Å². The van der Waals surface area contributed by atoms with E-state index in [0.717, 1.165) is 31.3 Å². The molecule has 7 heteroatoms. The molecule has 1 fully saturated rings. The maximum atomic E-state index is 13.0. The summed E-state index contributed by atoms with van der Waals surface area (Å²) in [5.41, 5.74) is 5.53. The molecule has 1 aromatic rings. The quantitative estimate of drug-likeness (QED) is 0.849. The highest BCUT2D eigenvalue weighted by Crippen LogP contribution is 2.25. The van der Waals surface area contributed by atoms with Crippen molar-refractivity contribution >= 4 is 10.0 Å². The van der Waals surface area contributed by atoms with E-state index in [4.69, 9.17) is 5.73 Å². The zero-order valence-electron chi connectivity index (χ0n) is 9.21. The predicted octanol–water partition coefficient (Wildman–Crippen LogP) is 0.332. The second-order valence-electron chi connectivity index (χ2n) is 3.99. The number of sulfonamides is 1. The first-order valence-corrected chi connectivity index (χ1v) is 6.82. The molecule has 0 aliphatic carbocycles. The van der Waals surface area contributed by atoms with Gasteiger partial charge in [0.1, 0.15) is 10.7 Å². The molecule has 0 radical (unpaired) electrons. The molecule has 0 bridgehead atoms. The highest BCUT2D eigenvalue weighted by Gasteiger charge is 2.34. The Morgan fingerprint density at radius 2 is 2.29 bits per heavy atom. The Balaban J connectivity index is 2.36. The first-order valence-electron chi connectivity index (χ1n) is 5.38. The fourth-order valence-electron chi connectivity index (χ4n) is 2.03.